The minimum Gasteiger partial charge on any atom is -0.375 e. The summed E-state index contributed by atoms with van der Waals surface area (Å²) in [4.78, 5) is 9.15. The number of ether oxygens (including phenoxy) is 1. The maximum Gasteiger partial charge on any atom is 0.123 e. The topological polar surface area (TPSA) is 28.6 Å². The lowest BCUT2D eigenvalue weighted by Gasteiger charge is -2.47. The molecule has 2 aliphatic rings. The Kier molecular flexibility index (Phi) is 5.29. The molecule has 0 amide bonds. The van der Waals surface area contributed by atoms with Crippen LogP contribution < -0.4 is 0 Å². The first kappa shape index (κ1) is 17.6. The molecule has 4 nitrogen and oxygen atoms in total. The molecule has 138 valence electrons. The summed E-state index contributed by atoms with van der Waals surface area (Å²) >= 11 is 0. The Hall–Kier alpha value is -1.82. The molecule has 0 saturated carbocycles. The van der Waals surface area contributed by atoms with Crippen molar-refractivity contribution in [2.75, 3.05) is 26.2 Å². The van der Waals surface area contributed by atoms with Crippen LogP contribution >= 0.6 is 0 Å². The average Bonchev–Trinajstić information content (AvgIpc) is 2.65. The molecule has 2 atom stereocenters. The van der Waals surface area contributed by atoms with Crippen molar-refractivity contribution in [3.63, 3.8) is 0 Å². The fraction of sp³-hybridized carbons (Fsp3) is 0.476. The second-order valence-electron chi connectivity index (χ2n) is 7.40. The smallest absolute Gasteiger partial charge is 0.123 e. The number of hydrogen-bond acceptors (Lipinski definition) is 4. The molecule has 4 rings (SSSR count). The van der Waals surface area contributed by atoms with Gasteiger partial charge in [-0.1, -0.05) is 6.07 Å². The number of aryl methyl sites for hydroxylation is 1. The number of fused-ring (bicyclic) bond motifs is 1. The maximum atomic E-state index is 13.4. The van der Waals surface area contributed by atoms with Crippen LogP contribution in [0.15, 0.2) is 42.7 Å². The third-order valence-corrected chi connectivity index (χ3v) is 5.62. The van der Waals surface area contributed by atoms with Crippen molar-refractivity contribution in [3.05, 3.63) is 65.2 Å². The van der Waals surface area contributed by atoms with E-state index in [0.717, 1.165) is 51.3 Å². The summed E-state index contributed by atoms with van der Waals surface area (Å²) in [7, 11) is 0. The molecule has 2 saturated heterocycles. The highest BCUT2D eigenvalue weighted by Gasteiger charge is 2.36. The van der Waals surface area contributed by atoms with E-state index in [9.17, 15) is 4.39 Å². The van der Waals surface area contributed by atoms with Gasteiger partial charge in [-0.15, -0.1) is 0 Å². The van der Waals surface area contributed by atoms with Crippen LogP contribution in [-0.2, 0) is 17.8 Å². The Morgan fingerprint density at radius 3 is 2.81 bits per heavy atom. The Morgan fingerprint density at radius 1 is 1.15 bits per heavy atom. The summed E-state index contributed by atoms with van der Waals surface area (Å²) in [6, 6.07) is 9.70. The molecule has 0 radical (unpaired) electrons. The summed E-state index contributed by atoms with van der Waals surface area (Å²) in [5.41, 5.74) is 3.54. The van der Waals surface area contributed by atoms with E-state index in [1.54, 1.807) is 12.1 Å². The van der Waals surface area contributed by atoms with Crippen LogP contribution in [0, 0.1) is 12.7 Å². The van der Waals surface area contributed by atoms with Gasteiger partial charge in [-0.2, -0.15) is 0 Å². The van der Waals surface area contributed by atoms with E-state index < -0.39 is 0 Å². The van der Waals surface area contributed by atoms with Crippen LogP contribution in [0.3, 0.4) is 0 Å². The van der Waals surface area contributed by atoms with E-state index in [1.165, 1.54) is 11.1 Å². The lowest BCUT2D eigenvalue weighted by atomic mass is 9.97. The van der Waals surface area contributed by atoms with Crippen LogP contribution in [0.1, 0.15) is 23.1 Å². The predicted molar refractivity (Wildman–Crippen MR) is 99.2 cm³/mol. The van der Waals surface area contributed by atoms with E-state index in [0.29, 0.717) is 12.1 Å². The van der Waals surface area contributed by atoms with Gasteiger partial charge >= 0.3 is 0 Å². The van der Waals surface area contributed by atoms with Gasteiger partial charge < -0.3 is 4.74 Å². The maximum absolute atomic E-state index is 13.4. The van der Waals surface area contributed by atoms with Gasteiger partial charge in [0.05, 0.1) is 12.7 Å². The van der Waals surface area contributed by atoms with Crippen molar-refractivity contribution in [2.45, 2.75) is 38.6 Å². The van der Waals surface area contributed by atoms with Crippen molar-refractivity contribution < 1.29 is 9.13 Å². The van der Waals surface area contributed by atoms with Gasteiger partial charge in [0, 0.05) is 51.2 Å². The number of hydrogen-bond donors (Lipinski definition) is 0. The van der Waals surface area contributed by atoms with Gasteiger partial charge in [-0.05, 0) is 54.3 Å². The molecule has 26 heavy (non-hydrogen) atoms. The predicted octanol–water partition coefficient (Wildman–Crippen LogP) is 3.00. The molecule has 0 N–H and O–H groups in total. The van der Waals surface area contributed by atoms with Gasteiger partial charge in [0.1, 0.15) is 5.82 Å². The quantitative estimate of drug-likeness (QED) is 0.843. The zero-order chi connectivity index (χ0) is 17.9. The molecule has 2 aliphatic heterocycles. The molecule has 0 unspecified atom stereocenters. The number of nitrogens with zero attached hydrogens (tertiary/aromatic N) is 3. The second-order valence-corrected chi connectivity index (χ2v) is 7.40. The summed E-state index contributed by atoms with van der Waals surface area (Å²) in [6.07, 6.45) is 5.09. The van der Waals surface area contributed by atoms with Crippen molar-refractivity contribution in [2.24, 2.45) is 0 Å². The monoisotopic (exact) mass is 355 g/mol. The van der Waals surface area contributed by atoms with Crippen LogP contribution in [0.2, 0.25) is 0 Å². The number of pyridine rings is 1. The standard InChI is InChI=1S/C21H26FN3O/c1-16-12-19(22)3-2-18(16)14-24-9-6-21-20(15-24)25(10-11-26-21)13-17-4-7-23-8-5-17/h2-5,7-8,12,20-21H,6,9-11,13-15H2,1H3/t20-,21-/m1/s1. The number of morpholine rings is 1. The van der Waals surface area contributed by atoms with E-state index in [-0.39, 0.29) is 5.82 Å². The van der Waals surface area contributed by atoms with Gasteiger partial charge in [0.25, 0.3) is 0 Å². The Morgan fingerprint density at radius 2 is 2.00 bits per heavy atom. The third kappa shape index (κ3) is 3.95. The summed E-state index contributed by atoms with van der Waals surface area (Å²) < 4.78 is 19.4. The Labute approximate surface area is 154 Å². The fourth-order valence-electron chi connectivity index (χ4n) is 4.15. The fourth-order valence-corrected chi connectivity index (χ4v) is 4.15. The lowest BCUT2D eigenvalue weighted by Crippen LogP contribution is -2.59. The highest BCUT2D eigenvalue weighted by Crippen LogP contribution is 2.26. The summed E-state index contributed by atoms with van der Waals surface area (Å²) in [5, 5.41) is 0. The number of piperidine rings is 1. The Balaban J connectivity index is 1.44. The van der Waals surface area contributed by atoms with Crippen LogP contribution in [-0.4, -0.2) is 53.2 Å². The molecule has 0 bridgehead atoms. The van der Waals surface area contributed by atoms with Crippen LogP contribution in [0.5, 0.6) is 0 Å². The first-order valence-electron chi connectivity index (χ1n) is 9.41. The molecule has 5 heteroatoms. The number of likely N-dealkylation sites (tertiary alicyclic amines) is 1. The number of aromatic nitrogens is 1. The largest absolute Gasteiger partial charge is 0.375 e. The van der Waals surface area contributed by atoms with Crippen molar-refractivity contribution in [1.29, 1.82) is 0 Å². The number of rotatable bonds is 4. The highest BCUT2D eigenvalue weighted by molar-refractivity contribution is 5.26. The van der Waals surface area contributed by atoms with Crippen molar-refractivity contribution in [3.8, 4) is 0 Å². The highest BCUT2D eigenvalue weighted by atomic mass is 19.1. The molecule has 1 aromatic carbocycles. The average molecular weight is 355 g/mol. The van der Waals surface area contributed by atoms with E-state index in [1.807, 2.05) is 25.4 Å². The normalized spacial score (nSPS) is 24.4. The van der Waals surface area contributed by atoms with Gasteiger partial charge in [-0.25, -0.2) is 4.39 Å². The summed E-state index contributed by atoms with van der Waals surface area (Å²) in [5.74, 6) is -0.158. The van der Waals surface area contributed by atoms with Crippen LogP contribution in [0.25, 0.3) is 0 Å². The molecule has 2 fully saturated rings. The third-order valence-electron chi connectivity index (χ3n) is 5.62. The first-order chi connectivity index (χ1) is 12.7. The number of benzene rings is 1. The molecule has 3 heterocycles. The van der Waals surface area contributed by atoms with Gasteiger partial charge in [0.15, 0.2) is 0 Å². The van der Waals surface area contributed by atoms with Crippen molar-refractivity contribution >= 4 is 0 Å². The lowest BCUT2D eigenvalue weighted by molar-refractivity contribution is -0.107. The second kappa shape index (κ2) is 7.82. The molecule has 2 aromatic rings. The minimum atomic E-state index is -0.158. The Bertz CT molecular complexity index is 739. The number of halogens is 1. The molecule has 0 spiro atoms. The minimum absolute atomic E-state index is 0.158. The molecule has 0 aliphatic carbocycles. The summed E-state index contributed by atoms with van der Waals surface area (Å²) in [6.45, 7) is 7.60. The van der Waals surface area contributed by atoms with E-state index >= 15 is 0 Å². The van der Waals surface area contributed by atoms with Crippen LogP contribution in [0.4, 0.5) is 4.39 Å². The zero-order valence-corrected chi connectivity index (χ0v) is 15.3. The first-order valence-corrected chi connectivity index (χ1v) is 9.41. The van der Waals surface area contributed by atoms with Gasteiger partial charge in [-0.3, -0.25) is 14.8 Å². The molecular formula is C21H26FN3O. The zero-order valence-electron chi connectivity index (χ0n) is 15.3. The van der Waals surface area contributed by atoms with Crippen molar-refractivity contribution in [1.82, 2.24) is 14.8 Å². The molecule has 1 aromatic heterocycles. The van der Waals surface area contributed by atoms with E-state index in [4.69, 9.17) is 4.74 Å². The molecular weight excluding hydrogens is 329 g/mol. The van der Waals surface area contributed by atoms with E-state index in [2.05, 4.69) is 26.9 Å². The SMILES string of the molecule is Cc1cc(F)ccc1CN1CC[C@H]2OCCN(Cc3ccncc3)[C@@H]2C1. The van der Waals surface area contributed by atoms with Gasteiger partial charge in [0.2, 0.25) is 0 Å².